The van der Waals surface area contributed by atoms with Gasteiger partial charge in [-0.15, -0.1) is 0 Å². The van der Waals surface area contributed by atoms with Crippen LogP contribution < -0.4 is 5.32 Å². The van der Waals surface area contributed by atoms with Gasteiger partial charge in [-0.1, -0.05) is 220 Å². The highest BCUT2D eigenvalue weighted by molar-refractivity contribution is 6.13. The second-order valence-electron chi connectivity index (χ2n) is 18.4. The molecule has 10 aromatic carbocycles. The van der Waals surface area contributed by atoms with Gasteiger partial charge in [0.25, 0.3) is 0 Å². The molecule has 2 aliphatic carbocycles. The largest absolute Gasteiger partial charge is 0.455 e. The first-order valence-electron chi connectivity index (χ1n) is 23.0. The molecule has 0 spiro atoms. The number of rotatable bonds is 7. The zero-order chi connectivity index (χ0) is 44.0. The number of hydrogen-bond donors (Lipinski definition) is 1. The van der Waals surface area contributed by atoms with E-state index >= 15 is 0 Å². The van der Waals surface area contributed by atoms with Gasteiger partial charge in [0.2, 0.25) is 0 Å². The zero-order valence-corrected chi connectivity index (χ0v) is 36.8. The van der Waals surface area contributed by atoms with E-state index < -0.39 is 5.41 Å². The summed E-state index contributed by atoms with van der Waals surface area (Å²) in [6, 6.07) is 84.3. The van der Waals surface area contributed by atoms with Crippen molar-refractivity contribution in [2.45, 2.75) is 24.7 Å². The van der Waals surface area contributed by atoms with Crippen LogP contribution in [0.4, 0.5) is 11.4 Å². The van der Waals surface area contributed by atoms with E-state index in [-0.39, 0.29) is 5.41 Å². The zero-order valence-electron chi connectivity index (χ0n) is 36.8. The normalized spacial score (nSPS) is 13.8. The molecule has 0 radical (unpaired) electrons. The Labute approximate surface area is 385 Å². The molecule has 2 nitrogen and oxygen atoms in total. The summed E-state index contributed by atoms with van der Waals surface area (Å²) in [4.78, 5) is 0. The van der Waals surface area contributed by atoms with Crippen LogP contribution in [0.25, 0.3) is 77.6 Å². The molecule has 0 unspecified atom stereocenters. The second kappa shape index (κ2) is 14.7. The van der Waals surface area contributed by atoms with Gasteiger partial charge in [-0.05, 0) is 96.6 Å². The van der Waals surface area contributed by atoms with Gasteiger partial charge < -0.3 is 9.73 Å². The molecule has 13 rings (SSSR count). The summed E-state index contributed by atoms with van der Waals surface area (Å²) >= 11 is 0. The molecule has 0 saturated carbocycles. The molecule has 0 saturated heterocycles. The second-order valence-corrected chi connectivity index (χ2v) is 18.4. The van der Waals surface area contributed by atoms with E-state index in [0.29, 0.717) is 0 Å². The van der Waals surface area contributed by atoms with Gasteiger partial charge in [0.15, 0.2) is 0 Å². The van der Waals surface area contributed by atoms with Crippen molar-refractivity contribution in [1.82, 2.24) is 0 Å². The molecule has 0 amide bonds. The summed E-state index contributed by atoms with van der Waals surface area (Å²) < 4.78 is 6.81. The summed E-state index contributed by atoms with van der Waals surface area (Å²) in [6.07, 6.45) is 0. The Morgan fingerprint density at radius 2 is 0.833 bits per heavy atom. The quantitative estimate of drug-likeness (QED) is 0.173. The molecule has 11 aromatic rings. The van der Waals surface area contributed by atoms with Crippen LogP contribution in [-0.2, 0) is 10.8 Å². The molecule has 1 N–H and O–H groups in total. The lowest BCUT2D eigenvalue weighted by Gasteiger charge is -2.34. The van der Waals surface area contributed by atoms with Gasteiger partial charge in [-0.25, -0.2) is 0 Å². The maximum atomic E-state index is 6.81. The molecule has 0 aliphatic heterocycles. The van der Waals surface area contributed by atoms with E-state index in [1.165, 1.54) is 66.8 Å². The topological polar surface area (TPSA) is 25.2 Å². The minimum atomic E-state index is -0.554. The number of fused-ring (bicyclic) bond motifs is 9. The van der Waals surface area contributed by atoms with E-state index in [0.717, 1.165) is 55.6 Å². The predicted octanol–water partition coefficient (Wildman–Crippen LogP) is 17.0. The third-order valence-electron chi connectivity index (χ3n) is 14.6. The number of furan rings is 1. The fourth-order valence-corrected chi connectivity index (χ4v) is 11.6. The first-order valence-corrected chi connectivity index (χ1v) is 23.0. The standard InChI is InChI=1S/C64H45NO/c1-63(2)54-30-13-12-24-50(54)53-40-43(36-39-55(53)63)47-25-16-31-56-59(47)60-57(64(56,44-20-8-4-9-21-44)45-22-10-5-11-23-45)32-17-33-58(60)65-46-37-34-42(35-38-46)49-27-15-29-52-51-28-14-26-48(61(51)66-62(49)52)41-18-6-3-7-19-41/h3-40,65H,1-2H3. The van der Waals surface area contributed by atoms with Crippen molar-refractivity contribution in [3.8, 4) is 55.6 Å². The predicted molar refractivity (Wildman–Crippen MR) is 275 cm³/mol. The first-order chi connectivity index (χ1) is 32.5. The first kappa shape index (κ1) is 38.3. The molecule has 66 heavy (non-hydrogen) atoms. The van der Waals surface area contributed by atoms with Gasteiger partial charge in [-0.2, -0.15) is 0 Å². The lowest BCUT2D eigenvalue weighted by atomic mass is 9.67. The van der Waals surface area contributed by atoms with Crippen molar-refractivity contribution in [3.63, 3.8) is 0 Å². The number of anilines is 2. The fourth-order valence-electron chi connectivity index (χ4n) is 11.6. The molecule has 2 heteroatoms. The lowest BCUT2D eigenvalue weighted by molar-refractivity contribution is 0.660. The van der Waals surface area contributed by atoms with Crippen molar-refractivity contribution >= 4 is 33.3 Å². The molecular weight excluding hydrogens is 799 g/mol. The van der Waals surface area contributed by atoms with Crippen LogP contribution in [0.3, 0.4) is 0 Å². The Morgan fingerprint density at radius 1 is 0.348 bits per heavy atom. The fraction of sp³-hybridized carbons (Fsp3) is 0.0625. The molecule has 0 fully saturated rings. The molecule has 0 atom stereocenters. The van der Waals surface area contributed by atoms with E-state index in [1.54, 1.807) is 0 Å². The summed E-state index contributed by atoms with van der Waals surface area (Å²) in [5.41, 5.74) is 23.1. The van der Waals surface area contributed by atoms with Gasteiger partial charge >= 0.3 is 0 Å². The highest BCUT2D eigenvalue weighted by atomic mass is 16.3. The van der Waals surface area contributed by atoms with Crippen molar-refractivity contribution in [2.24, 2.45) is 0 Å². The Bertz CT molecular complexity index is 3640. The molecule has 1 aromatic heterocycles. The van der Waals surface area contributed by atoms with Gasteiger partial charge in [0.1, 0.15) is 11.2 Å². The summed E-state index contributed by atoms with van der Waals surface area (Å²) in [6.45, 7) is 4.71. The average Bonchev–Trinajstić information content (AvgIpc) is 3.99. The number of para-hydroxylation sites is 2. The van der Waals surface area contributed by atoms with Crippen molar-refractivity contribution < 1.29 is 4.42 Å². The average molecular weight is 844 g/mol. The third-order valence-corrected chi connectivity index (χ3v) is 14.6. The summed E-state index contributed by atoms with van der Waals surface area (Å²) in [5.74, 6) is 0. The van der Waals surface area contributed by atoms with E-state index in [9.17, 15) is 0 Å². The molecular formula is C64H45NO. The van der Waals surface area contributed by atoms with E-state index in [1.807, 2.05) is 0 Å². The Morgan fingerprint density at radius 3 is 1.50 bits per heavy atom. The monoisotopic (exact) mass is 843 g/mol. The van der Waals surface area contributed by atoms with E-state index in [4.69, 9.17) is 4.42 Å². The molecule has 0 bridgehead atoms. The summed E-state index contributed by atoms with van der Waals surface area (Å²) in [7, 11) is 0. The third kappa shape index (κ3) is 5.55. The van der Waals surface area contributed by atoms with Crippen LogP contribution in [0.15, 0.2) is 235 Å². The van der Waals surface area contributed by atoms with Crippen LogP contribution in [0.5, 0.6) is 0 Å². The van der Waals surface area contributed by atoms with Gasteiger partial charge in [0, 0.05) is 44.3 Å². The van der Waals surface area contributed by atoms with Crippen LogP contribution in [-0.4, -0.2) is 0 Å². The minimum absolute atomic E-state index is 0.0669. The maximum Gasteiger partial charge on any atom is 0.143 e. The van der Waals surface area contributed by atoms with Gasteiger partial charge in [0.05, 0.1) is 5.41 Å². The number of hydrogen-bond acceptors (Lipinski definition) is 2. The van der Waals surface area contributed by atoms with Crippen molar-refractivity contribution in [1.29, 1.82) is 0 Å². The van der Waals surface area contributed by atoms with Crippen molar-refractivity contribution in [2.75, 3.05) is 5.32 Å². The molecule has 312 valence electrons. The minimum Gasteiger partial charge on any atom is -0.455 e. The highest BCUT2D eigenvalue weighted by Crippen LogP contribution is 2.61. The van der Waals surface area contributed by atoms with Crippen molar-refractivity contribution in [3.05, 3.63) is 264 Å². The SMILES string of the molecule is CC1(C)c2ccccc2-c2cc(-c3cccc4c3-c3c(Nc5ccc(-c6cccc7c6oc6c(-c8ccccc8)cccc67)cc5)cccc3C4(c3ccccc3)c3ccccc3)ccc21. The van der Waals surface area contributed by atoms with Crippen LogP contribution in [0.1, 0.15) is 47.2 Å². The lowest BCUT2D eigenvalue weighted by Crippen LogP contribution is -2.28. The Balaban J connectivity index is 0.969. The Kier molecular flexibility index (Phi) is 8.51. The summed E-state index contributed by atoms with van der Waals surface area (Å²) in [5, 5.41) is 6.21. The van der Waals surface area contributed by atoms with Gasteiger partial charge in [-0.3, -0.25) is 0 Å². The van der Waals surface area contributed by atoms with Crippen LogP contribution in [0, 0.1) is 0 Å². The van der Waals surface area contributed by atoms with Crippen LogP contribution >= 0.6 is 0 Å². The number of nitrogens with one attached hydrogen (secondary N) is 1. The molecule has 2 aliphatic rings. The Hall–Kier alpha value is -8.20. The van der Waals surface area contributed by atoms with E-state index in [2.05, 4.69) is 250 Å². The smallest absolute Gasteiger partial charge is 0.143 e. The molecule has 1 heterocycles. The highest BCUT2D eigenvalue weighted by Gasteiger charge is 2.48. The van der Waals surface area contributed by atoms with Crippen LogP contribution in [0.2, 0.25) is 0 Å². The maximum absolute atomic E-state index is 6.81. The number of benzene rings is 10.